The summed E-state index contributed by atoms with van der Waals surface area (Å²) in [6.07, 6.45) is 3.36. The molecule has 0 unspecified atom stereocenters. The van der Waals surface area contributed by atoms with Crippen molar-refractivity contribution < 1.29 is 13.2 Å². The van der Waals surface area contributed by atoms with Crippen molar-refractivity contribution in [3.63, 3.8) is 0 Å². The molecule has 0 atom stereocenters. The van der Waals surface area contributed by atoms with Crippen molar-refractivity contribution in [2.24, 2.45) is 5.73 Å². The van der Waals surface area contributed by atoms with Crippen LogP contribution in [0.2, 0.25) is 0 Å². The molecular formula is C12H20N4O3S. The number of nitrogens with one attached hydrogen (secondary N) is 1. The Kier molecular flexibility index (Phi) is 5.90. The second-order valence-electron chi connectivity index (χ2n) is 4.33. The monoisotopic (exact) mass is 300 g/mol. The Morgan fingerprint density at radius 3 is 2.75 bits per heavy atom. The van der Waals surface area contributed by atoms with E-state index in [4.69, 9.17) is 5.73 Å². The number of carbonyl (C=O) groups is 1. The Labute approximate surface area is 119 Å². The van der Waals surface area contributed by atoms with E-state index in [-0.39, 0.29) is 5.69 Å². The van der Waals surface area contributed by atoms with Crippen LogP contribution in [0.5, 0.6) is 0 Å². The minimum absolute atomic E-state index is 0.196. The van der Waals surface area contributed by atoms with Gasteiger partial charge in [-0.2, -0.15) is 0 Å². The largest absolute Gasteiger partial charge is 0.385 e. The van der Waals surface area contributed by atoms with Gasteiger partial charge >= 0.3 is 0 Å². The number of anilines is 1. The summed E-state index contributed by atoms with van der Waals surface area (Å²) in [6.45, 7) is 3.31. The summed E-state index contributed by atoms with van der Waals surface area (Å²) in [7, 11) is -3.14. The predicted molar refractivity (Wildman–Crippen MR) is 78.0 cm³/mol. The zero-order valence-corrected chi connectivity index (χ0v) is 12.5. The van der Waals surface area contributed by atoms with Gasteiger partial charge in [0, 0.05) is 31.5 Å². The Morgan fingerprint density at radius 2 is 2.20 bits per heavy atom. The highest BCUT2D eigenvalue weighted by molar-refractivity contribution is 7.88. The minimum Gasteiger partial charge on any atom is -0.385 e. The first kappa shape index (κ1) is 16.4. The third-order valence-corrected chi connectivity index (χ3v) is 4.13. The van der Waals surface area contributed by atoms with Crippen molar-refractivity contribution >= 4 is 21.6 Å². The number of carbonyl (C=O) groups excluding carboxylic acids is 1. The summed E-state index contributed by atoms with van der Waals surface area (Å²) >= 11 is 0. The van der Waals surface area contributed by atoms with Gasteiger partial charge in [0.15, 0.2) is 0 Å². The van der Waals surface area contributed by atoms with Crippen molar-refractivity contribution in [1.29, 1.82) is 0 Å². The molecule has 0 radical (unpaired) electrons. The van der Waals surface area contributed by atoms with Crippen LogP contribution in [0.4, 0.5) is 5.69 Å². The number of nitrogens with zero attached hydrogens (tertiary/aromatic N) is 2. The van der Waals surface area contributed by atoms with E-state index in [1.54, 1.807) is 19.1 Å². The van der Waals surface area contributed by atoms with E-state index in [0.717, 1.165) is 5.69 Å². The molecule has 1 rings (SSSR count). The van der Waals surface area contributed by atoms with Gasteiger partial charge in [-0.15, -0.1) is 0 Å². The fourth-order valence-corrected chi connectivity index (χ4v) is 2.65. The summed E-state index contributed by atoms with van der Waals surface area (Å²) in [6, 6.07) is 3.29. The first-order chi connectivity index (χ1) is 9.34. The molecule has 0 saturated heterocycles. The first-order valence-corrected chi connectivity index (χ1v) is 8.14. The molecule has 7 nitrogen and oxygen atoms in total. The number of sulfonamides is 1. The van der Waals surface area contributed by atoms with E-state index in [1.807, 2.05) is 0 Å². The normalized spacial score (nSPS) is 11.6. The third-order valence-electron chi connectivity index (χ3n) is 2.75. The van der Waals surface area contributed by atoms with Crippen LogP contribution in [-0.4, -0.2) is 49.5 Å². The predicted octanol–water partition coefficient (Wildman–Crippen LogP) is 0.264. The lowest BCUT2D eigenvalue weighted by Crippen LogP contribution is -2.31. The van der Waals surface area contributed by atoms with Crippen molar-refractivity contribution in [3.8, 4) is 0 Å². The number of amides is 1. The third kappa shape index (κ3) is 5.14. The minimum atomic E-state index is -3.14. The number of primary amides is 1. The number of aromatic nitrogens is 1. The highest BCUT2D eigenvalue weighted by Crippen LogP contribution is 2.08. The van der Waals surface area contributed by atoms with E-state index in [9.17, 15) is 13.2 Å². The average Bonchev–Trinajstić information content (AvgIpc) is 2.37. The van der Waals surface area contributed by atoms with Crippen molar-refractivity contribution in [3.05, 3.63) is 24.0 Å². The quantitative estimate of drug-likeness (QED) is 0.670. The van der Waals surface area contributed by atoms with Crippen LogP contribution in [0, 0.1) is 0 Å². The van der Waals surface area contributed by atoms with Gasteiger partial charge in [-0.25, -0.2) is 12.7 Å². The number of pyridine rings is 1. The number of rotatable bonds is 8. The van der Waals surface area contributed by atoms with Gasteiger partial charge in [0.1, 0.15) is 5.69 Å². The molecule has 0 aromatic carbocycles. The average molecular weight is 300 g/mol. The summed E-state index contributed by atoms with van der Waals surface area (Å²) < 4.78 is 24.2. The van der Waals surface area contributed by atoms with Crippen LogP contribution in [0.25, 0.3) is 0 Å². The van der Waals surface area contributed by atoms with E-state index in [1.165, 1.54) is 16.8 Å². The first-order valence-electron chi connectivity index (χ1n) is 6.29. The van der Waals surface area contributed by atoms with Gasteiger partial charge < -0.3 is 11.1 Å². The fraction of sp³-hybridized carbons (Fsp3) is 0.500. The molecule has 8 heteroatoms. The van der Waals surface area contributed by atoms with Gasteiger partial charge in [0.25, 0.3) is 5.91 Å². The van der Waals surface area contributed by atoms with Crippen molar-refractivity contribution in [2.45, 2.75) is 13.3 Å². The topological polar surface area (TPSA) is 105 Å². The summed E-state index contributed by atoms with van der Waals surface area (Å²) in [5.74, 6) is -0.581. The second kappa shape index (κ2) is 7.20. The summed E-state index contributed by atoms with van der Waals surface area (Å²) in [5.41, 5.74) is 6.07. The van der Waals surface area contributed by atoms with Crippen molar-refractivity contribution in [1.82, 2.24) is 9.29 Å². The van der Waals surface area contributed by atoms with Crippen LogP contribution in [-0.2, 0) is 10.0 Å². The van der Waals surface area contributed by atoms with Crippen LogP contribution in [0.3, 0.4) is 0 Å². The molecule has 20 heavy (non-hydrogen) atoms. The molecule has 0 aliphatic carbocycles. The Morgan fingerprint density at radius 1 is 1.50 bits per heavy atom. The molecule has 0 aliphatic heterocycles. The molecule has 1 aromatic heterocycles. The molecule has 1 amide bonds. The zero-order valence-electron chi connectivity index (χ0n) is 11.7. The maximum Gasteiger partial charge on any atom is 0.267 e. The van der Waals surface area contributed by atoms with Crippen molar-refractivity contribution in [2.75, 3.05) is 31.2 Å². The van der Waals surface area contributed by atoms with Gasteiger partial charge in [-0.05, 0) is 18.6 Å². The van der Waals surface area contributed by atoms with E-state index >= 15 is 0 Å². The van der Waals surface area contributed by atoms with Gasteiger partial charge in [-0.1, -0.05) is 6.92 Å². The zero-order chi connectivity index (χ0) is 15.2. The summed E-state index contributed by atoms with van der Waals surface area (Å²) in [5, 5.41) is 3.10. The van der Waals surface area contributed by atoms with Crippen LogP contribution in [0.1, 0.15) is 23.8 Å². The molecule has 3 N–H and O–H groups in total. The highest BCUT2D eigenvalue weighted by atomic mass is 32.2. The lowest BCUT2D eigenvalue weighted by molar-refractivity contribution is 0.0995. The van der Waals surface area contributed by atoms with E-state index in [0.29, 0.717) is 26.1 Å². The fourth-order valence-electron chi connectivity index (χ4n) is 1.72. The van der Waals surface area contributed by atoms with Crippen LogP contribution >= 0.6 is 0 Å². The molecule has 0 bridgehead atoms. The standard InChI is InChI=1S/C12H20N4O3S/c1-3-16(20(2,18)19)8-4-6-14-10-5-7-15-11(9-10)12(13)17/h5,7,9H,3-4,6,8H2,1-2H3,(H2,13,17)(H,14,15). The maximum atomic E-state index is 11.4. The lowest BCUT2D eigenvalue weighted by Gasteiger charge is -2.17. The maximum absolute atomic E-state index is 11.4. The van der Waals surface area contributed by atoms with E-state index < -0.39 is 15.9 Å². The Balaban J connectivity index is 2.45. The lowest BCUT2D eigenvalue weighted by atomic mass is 10.3. The van der Waals surface area contributed by atoms with E-state index in [2.05, 4.69) is 10.3 Å². The molecular weight excluding hydrogens is 280 g/mol. The smallest absolute Gasteiger partial charge is 0.267 e. The Hall–Kier alpha value is -1.67. The molecule has 1 heterocycles. The molecule has 0 saturated carbocycles. The Bertz CT molecular complexity index is 560. The second-order valence-corrected chi connectivity index (χ2v) is 6.31. The highest BCUT2D eigenvalue weighted by Gasteiger charge is 2.13. The molecule has 0 fully saturated rings. The SMILES string of the molecule is CCN(CCCNc1ccnc(C(N)=O)c1)S(C)(=O)=O. The number of hydrogen-bond acceptors (Lipinski definition) is 5. The van der Waals surface area contributed by atoms with Gasteiger partial charge in [-0.3, -0.25) is 9.78 Å². The molecule has 0 spiro atoms. The van der Waals surface area contributed by atoms with Gasteiger partial charge in [0.2, 0.25) is 10.0 Å². The van der Waals surface area contributed by atoms with Gasteiger partial charge in [0.05, 0.1) is 6.26 Å². The van der Waals surface area contributed by atoms with Crippen LogP contribution in [0.15, 0.2) is 18.3 Å². The molecule has 1 aromatic rings. The number of hydrogen-bond donors (Lipinski definition) is 2. The number of nitrogens with two attached hydrogens (primary N) is 1. The molecule has 112 valence electrons. The molecule has 0 aliphatic rings. The van der Waals surface area contributed by atoms with Crippen LogP contribution < -0.4 is 11.1 Å². The summed E-state index contributed by atoms with van der Waals surface area (Å²) in [4.78, 5) is 14.8.